The molecular formula is C22H29F3N3O2+. The zero-order valence-corrected chi connectivity index (χ0v) is 17.0. The fourth-order valence-electron chi connectivity index (χ4n) is 5.49. The van der Waals surface area contributed by atoms with Gasteiger partial charge in [0.05, 0.1) is 37.4 Å². The van der Waals surface area contributed by atoms with Crippen molar-refractivity contribution in [3.8, 4) is 0 Å². The minimum absolute atomic E-state index is 0.0978. The lowest BCUT2D eigenvalue weighted by atomic mass is 9.86. The van der Waals surface area contributed by atoms with Gasteiger partial charge in [-0.3, -0.25) is 9.59 Å². The molecule has 30 heavy (non-hydrogen) atoms. The maximum Gasteiger partial charge on any atom is 0.418 e. The molecule has 1 saturated heterocycles. The summed E-state index contributed by atoms with van der Waals surface area (Å²) in [7, 11) is 0. The summed E-state index contributed by atoms with van der Waals surface area (Å²) in [5, 5.41) is 2.40. The van der Waals surface area contributed by atoms with Crippen molar-refractivity contribution in [2.45, 2.75) is 38.3 Å². The fourth-order valence-corrected chi connectivity index (χ4v) is 5.49. The Balaban J connectivity index is 1.23. The second-order valence-electron chi connectivity index (χ2n) is 9.04. The summed E-state index contributed by atoms with van der Waals surface area (Å²) >= 11 is 0. The minimum atomic E-state index is -4.51. The molecule has 3 atom stereocenters. The maximum absolute atomic E-state index is 13.1. The number of anilines is 1. The summed E-state index contributed by atoms with van der Waals surface area (Å²) in [5.74, 6) is 1.88. The Kier molecular flexibility index (Phi) is 6.04. The van der Waals surface area contributed by atoms with Crippen LogP contribution in [0.25, 0.3) is 0 Å². The lowest BCUT2D eigenvalue weighted by molar-refractivity contribution is -0.895. The molecule has 4 rings (SSSR count). The quantitative estimate of drug-likeness (QED) is 0.762. The highest BCUT2D eigenvalue weighted by molar-refractivity contribution is 5.92. The number of para-hydroxylation sites is 1. The van der Waals surface area contributed by atoms with Crippen molar-refractivity contribution >= 4 is 17.5 Å². The van der Waals surface area contributed by atoms with Gasteiger partial charge in [0.15, 0.2) is 6.54 Å². The molecule has 8 heteroatoms. The van der Waals surface area contributed by atoms with Crippen molar-refractivity contribution < 1.29 is 27.7 Å². The van der Waals surface area contributed by atoms with Crippen LogP contribution in [-0.2, 0) is 15.8 Å². The summed E-state index contributed by atoms with van der Waals surface area (Å²) in [6.45, 7) is 2.57. The third-order valence-electron chi connectivity index (χ3n) is 7.06. The van der Waals surface area contributed by atoms with Crippen molar-refractivity contribution in [1.29, 1.82) is 0 Å². The van der Waals surface area contributed by atoms with Crippen LogP contribution in [0.2, 0.25) is 0 Å². The molecule has 5 nitrogen and oxygen atoms in total. The zero-order valence-electron chi connectivity index (χ0n) is 17.0. The molecule has 0 spiro atoms. The van der Waals surface area contributed by atoms with E-state index in [9.17, 15) is 22.8 Å². The van der Waals surface area contributed by atoms with E-state index in [0.29, 0.717) is 38.5 Å². The second-order valence-corrected chi connectivity index (χ2v) is 9.04. The monoisotopic (exact) mass is 424 g/mol. The second kappa shape index (κ2) is 8.57. The van der Waals surface area contributed by atoms with E-state index in [2.05, 4.69) is 5.32 Å². The van der Waals surface area contributed by atoms with E-state index in [-0.39, 0.29) is 18.1 Å². The molecule has 0 unspecified atom stereocenters. The number of nitrogens with one attached hydrogen (secondary N) is 2. The molecule has 1 aliphatic heterocycles. The molecule has 0 aromatic heterocycles. The number of hydrogen-bond acceptors (Lipinski definition) is 2. The first-order valence-electron chi connectivity index (χ1n) is 10.9. The predicted octanol–water partition coefficient (Wildman–Crippen LogP) is 2.20. The lowest BCUT2D eigenvalue weighted by Crippen LogP contribution is -3.15. The van der Waals surface area contributed by atoms with E-state index in [0.717, 1.165) is 22.8 Å². The van der Waals surface area contributed by atoms with Gasteiger partial charge in [-0.25, -0.2) is 0 Å². The van der Waals surface area contributed by atoms with Crippen LogP contribution in [0.15, 0.2) is 24.3 Å². The van der Waals surface area contributed by atoms with Crippen molar-refractivity contribution in [3.05, 3.63) is 29.8 Å². The van der Waals surface area contributed by atoms with Gasteiger partial charge in [-0.2, -0.15) is 13.2 Å². The Morgan fingerprint density at radius 3 is 2.47 bits per heavy atom. The number of rotatable bonds is 5. The number of nitrogens with zero attached hydrogens (tertiary/aromatic N) is 1. The molecule has 2 bridgehead atoms. The number of piperazine rings is 1. The van der Waals surface area contributed by atoms with Crippen LogP contribution in [0, 0.1) is 17.8 Å². The van der Waals surface area contributed by atoms with Crippen LogP contribution < -0.4 is 10.2 Å². The summed E-state index contributed by atoms with van der Waals surface area (Å²) < 4.78 is 39.2. The van der Waals surface area contributed by atoms with Crippen molar-refractivity contribution in [1.82, 2.24) is 4.90 Å². The van der Waals surface area contributed by atoms with Gasteiger partial charge in [-0.05, 0) is 49.1 Å². The van der Waals surface area contributed by atoms with E-state index in [1.54, 1.807) is 0 Å². The van der Waals surface area contributed by atoms with Crippen LogP contribution in [0.3, 0.4) is 0 Å². The summed E-state index contributed by atoms with van der Waals surface area (Å²) in [4.78, 5) is 27.8. The molecule has 3 fully saturated rings. The summed E-state index contributed by atoms with van der Waals surface area (Å²) in [5.41, 5.74) is -1.06. The van der Waals surface area contributed by atoms with Crippen LogP contribution >= 0.6 is 0 Å². The topological polar surface area (TPSA) is 53.9 Å². The van der Waals surface area contributed by atoms with Gasteiger partial charge in [-0.1, -0.05) is 18.6 Å². The van der Waals surface area contributed by atoms with E-state index in [1.165, 1.54) is 43.9 Å². The predicted molar refractivity (Wildman–Crippen MR) is 106 cm³/mol. The number of halogens is 3. The highest BCUT2D eigenvalue weighted by Gasteiger charge is 2.41. The van der Waals surface area contributed by atoms with E-state index >= 15 is 0 Å². The molecule has 2 saturated carbocycles. The number of fused-ring (bicyclic) bond motifs is 2. The van der Waals surface area contributed by atoms with Gasteiger partial charge in [0.1, 0.15) is 0 Å². The molecule has 2 N–H and O–H groups in total. The Morgan fingerprint density at radius 1 is 1.10 bits per heavy atom. The Morgan fingerprint density at radius 2 is 1.83 bits per heavy atom. The number of alkyl halides is 3. The normalized spacial score (nSPS) is 26.8. The Labute approximate surface area is 174 Å². The van der Waals surface area contributed by atoms with Gasteiger partial charge in [0.2, 0.25) is 5.91 Å². The molecule has 0 radical (unpaired) electrons. The van der Waals surface area contributed by atoms with Crippen LogP contribution in [0.4, 0.5) is 18.9 Å². The molecule has 164 valence electrons. The van der Waals surface area contributed by atoms with Gasteiger partial charge >= 0.3 is 6.18 Å². The number of benzene rings is 1. The first kappa shape index (κ1) is 21.2. The first-order chi connectivity index (χ1) is 14.3. The summed E-state index contributed by atoms with van der Waals surface area (Å²) in [6, 6.07) is 5.00. The molecule has 2 aliphatic carbocycles. The third-order valence-corrected chi connectivity index (χ3v) is 7.06. The van der Waals surface area contributed by atoms with Crippen LogP contribution in [0.1, 0.15) is 37.7 Å². The molecule has 2 amide bonds. The SMILES string of the molecule is O=C(C[NH+]1CCN(C(=O)C[C@H]2C[C@H]3CC[C@@H]2C3)CC1)Nc1ccccc1C(F)(F)F. The van der Waals surface area contributed by atoms with Crippen molar-refractivity contribution in [2.75, 3.05) is 38.0 Å². The van der Waals surface area contributed by atoms with Crippen molar-refractivity contribution in [2.24, 2.45) is 17.8 Å². The zero-order chi connectivity index (χ0) is 21.3. The van der Waals surface area contributed by atoms with E-state index in [1.807, 2.05) is 4.90 Å². The van der Waals surface area contributed by atoms with Gasteiger partial charge in [-0.15, -0.1) is 0 Å². The molecule has 1 heterocycles. The summed E-state index contributed by atoms with van der Waals surface area (Å²) in [6.07, 6.45) is 1.22. The average Bonchev–Trinajstić information content (AvgIpc) is 3.31. The Bertz CT molecular complexity index is 790. The average molecular weight is 424 g/mol. The number of carbonyl (C=O) groups excluding carboxylic acids is 2. The smallest absolute Gasteiger partial charge is 0.331 e. The van der Waals surface area contributed by atoms with Crippen molar-refractivity contribution in [3.63, 3.8) is 0 Å². The van der Waals surface area contributed by atoms with Gasteiger partial charge in [0, 0.05) is 6.42 Å². The fraction of sp³-hybridized carbons (Fsp3) is 0.636. The standard InChI is InChI=1S/C22H28F3N3O2/c23-22(24,25)18-3-1-2-4-19(18)26-20(29)14-27-7-9-28(10-8-27)21(30)13-17-12-15-5-6-16(17)11-15/h1-4,15-17H,5-14H2,(H,26,29)/p+1/t15-,16+,17+/m0/s1. The van der Waals surface area contributed by atoms with Crippen LogP contribution in [-0.4, -0.2) is 49.4 Å². The van der Waals surface area contributed by atoms with E-state index < -0.39 is 17.6 Å². The number of amides is 2. The van der Waals surface area contributed by atoms with Gasteiger partial charge < -0.3 is 15.1 Å². The van der Waals surface area contributed by atoms with Crippen LogP contribution in [0.5, 0.6) is 0 Å². The molecule has 3 aliphatic rings. The first-order valence-corrected chi connectivity index (χ1v) is 10.9. The highest BCUT2D eigenvalue weighted by atomic mass is 19.4. The van der Waals surface area contributed by atoms with E-state index in [4.69, 9.17) is 0 Å². The third kappa shape index (κ3) is 4.79. The Hall–Kier alpha value is -2.09. The maximum atomic E-state index is 13.1. The molecule has 1 aromatic rings. The number of hydrogen-bond donors (Lipinski definition) is 2. The largest absolute Gasteiger partial charge is 0.418 e. The van der Waals surface area contributed by atoms with Gasteiger partial charge in [0.25, 0.3) is 5.91 Å². The number of quaternary nitrogens is 1. The molecule has 1 aromatic carbocycles. The lowest BCUT2D eigenvalue weighted by Gasteiger charge is -2.33. The highest BCUT2D eigenvalue weighted by Crippen LogP contribution is 2.49. The molecular weight excluding hydrogens is 395 g/mol. The number of carbonyl (C=O) groups is 2. The minimum Gasteiger partial charge on any atom is -0.331 e.